The van der Waals surface area contributed by atoms with Crippen LogP contribution in [0.5, 0.6) is 0 Å². The Morgan fingerprint density at radius 1 is 1.21 bits per heavy atom. The molecular formula is C21H20ClN3O3S. The lowest BCUT2D eigenvalue weighted by Crippen LogP contribution is -2.32. The van der Waals surface area contributed by atoms with Crippen LogP contribution in [-0.2, 0) is 33.1 Å². The van der Waals surface area contributed by atoms with Gasteiger partial charge in [-0.1, -0.05) is 17.7 Å². The van der Waals surface area contributed by atoms with Gasteiger partial charge >= 0.3 is 0 Å². The van der Waals surface area contributed by atoms with Crippen LogP contribution >= 0.6 is 11.6 Å². The smallest absolute Gasteiger partial charge is 0.239 e. The standard InChI is InChI=1S/C21H20ClN3O3S/c1-29(27,28)10-9-24-16(12-14-11-15(22)4-5-18(14)24)13-25-19-17(3-2-8-23-19)21(6-7-21)20(25)26/h2-5,8,11-12H,6-7,9-10,13H2,1H3. The Balaban J connectivity index is 1.58. The molecule has 1 amide bonds. The lowest BCUT2D eigenvalue weighted by atomic mass is 10.00. The van der Waals surface area contributed by atoms with Crippen LogP contribution in [0.1, 0.15) is 24.1 Å². The van der Waals surface area contributed by atoms with Gasteiger partial charge < -0.3 is 4.57 Å². The molecule has 150 valence electrons. The third-order valence-electron chi connectivity index (χ3n) is 5.92. The molecule has 3 aromatic rings. The molecule has 1 saturated carbocycles. The van der Waals surface area contributed by atoms with Crippen LogP contribution in [0.4, 0.5) is 5.82 Å². The first-order chi connectivity index (χ1) is 13.8. The van der Waals surface area contributed by atoms with Gasteiger partial charge in [-0.25, -0.2) is 13.4 Å². The van der Waals surface area contributed by atoms with Crippen molar-refractivity contribution >= 4 is 44.1 Å². The molecule has 0 bridgehead atoms. The summed E-state index contributed by atoms with van der Waals surface area (Å²) < 4.78 is 25.5. The lowest BCUT2D eigenvalue weighted by Gasteiger charge is -2.19. The van der Waals surface area contributed by atoms with E-state index in [1.54, 1.807) is 17.2 Å². The molecule has 0 unspecified atom stereocenters. The summed E-state index contributed by atoms with van der Waals surface area (Å²) >= 11 is 6.16. The number of carbonyl (C=O) groups excluding carboxylic acids is 1. The van der Waals surface area contributed by atoms with Gasteiger partial charge in [-0.05, 0) is 43.2 Å². The quantitative estimate of drug-likeness (QED) is 0.623. The molecule has 29 heavy (non-hydrogen) atoms. The Morgan fingerprint density at radius 3 is 2.72 bits per heavy atom. The molecule has 5 rings (SSSR count). The summed E-state index contributed by atoms with van der Waals surface area (Å²) in [5.41, 5.74) is 2.37. The highest BCUT2D eigenvalue weighted by Gasteiger charge is 2.59. The lowest BCUT2D eigenvalue weighted by molar-refractivity contribution is -0.120. The largest absolute Gasteiger partial charge is 0.342 e. The Hall–Kier alpha value is -2.38. The molecule has 0 N–H and O–H groups in total. The van der Waals surface area contributed by atoms with E-state index >= 15 is 0 Å². The second-order valence-corrected chi connectivity index (χ2v) is 10.7. The van der Waals surface area contributed by atoms with Gasteiger partial charge in [0.2, 0.25) is 5.91 Å². The molecule has 1 aromatic carbocycles. The third-order valence-corrected chi connectivity index (χ3v) is 7.08. The molecule has 6 nitrogen and oxygen atoms in total. The average molecular weight is 430 g/mol. The van der Waals surface area contributed by atoms with Crippen molar-refractivity contribution in [2.75, 3.05) is 16.9 Å². The van der Waals surface area contributed by atoms with Crippen LogP contribution in [0.25, 0.3) is 10.9 Å². The maximum absolute atomic E-state index is 13.2. The maximum Gasteiger partial charge on any atom is 0.239 e. The minimum Gasteiger partial charge on any atom is -0.342 e. The number of carbonyl (C=O) groups is 1. The number of nitrogens with zero attached hydrogens (tertiary/aromatic N) is 3. The van der Waals surface area contributed by atoms with Gasteiger partial charge in [0.1, 0.15) is 15.7 Å². The summed E-state index contributed by atoms with van der Waals surface area (Å²) in [5, 5.41) is 1.54. The van der Waals surface area contributed by atoms with E-state index in [1.807, 2.05) is 34.9 Å². The first-order valence-electron chi connectivity index (χ1n) is 9.51. The number of halogens is 1. The number of aromatic nitrogens is 2. The predicted octanol–water partition coefficient (Wildman–Crippen LogP) is 3.31. The predicted molar refractivity (Wildman–Crippen MR) is 113 cm³/mol. The second-order valence-electron chi connectivity index (χ2n) is 7.97. The van der Waals surface area contributed by atoms with E-state index in [9.17, 15) is 13.2 Å². The topological polar surface area (TPSA) is 72.3 Å². The van der Waals surface area contributed by atoms with Gasteiger partial charge in [0.15, 0.2) is 0 Å². The number of benzene rings is 1. The molecule has 1 fully saturated rings. The normalized spacial score (nSPS) is 17.3. The monoisotopic (exact) mass is 429 g/mol. The number of anilines is 1. The van der Waals surface area contributed by atoms with E-state index in [-0.39, 0.29) is 11.7 Å². The van der Waals surface area contributed by atoms with Gasteiger partial charge in [0.05, 0.1) is 17.7 Å². The Morgan fingerprint density at radius 2 is 2.00 bits per heavy atom. The van der Waals surface area contributed by atoms with Crippen molar-refractivity contribution in [2.45, 2.75) is 31.3 Å². The molecule has 2 aliphatic rings. The van der Waals surface area contributed by atoms with Crippen molar-refractivity contribution < 1.29 is 13.2 Å². The van der Waals surface area contributed by atoms with Crippen molar-refractivity contribution in [3.05, 3.63) is 58.9 Å². The van der Waals surface area contributed by atoms with E-state index in [0.29, 0.717) is 23.9 Å². The van der Waals surface area contributed by atoms with Crippen LogP contribution in [0.2, 0.25) is 5.02 Å². The molecule has 0 radical (unpaired) electrons. The van der Waals surface area contributed by atoms with Crippen LogP contribution in [0.3, 0.4) is 0 Å². The molecule has 0 atom stereocenters. The molecule has 3 heterocycles. The molecular weight excluding hydrogens is 410 g/mol. The Kier molecular flexibility index (Phi) is 4.05. The summed E-state index contributed by atoms with van der Waals surface area (Å²) in [7, 11) is -3.13. The number of hydrogen-bond acceptors (Lipinski definition) is 4. The molecule has 2 aromatic heterocycles. The molecule has 1 aliphatic carbocycles. The number of sulfone groups is 1. The average Bonchev–Trinajstić information content (AvgIpc) is 3.36. The second kappa shape index (κ2) is 6.31. The van der Waals surface area contributed by atoms with Gasteiger partial charge in [0, 0.05) is 46.2 Å². The minimum absolute atomic E-state index is 0.0269. The highest BCUT2D eigenvalue weighted by atomic mass is 35.5. The fourth-order valence-corrected chi connectivity index (χ4v) is 5.02. The highest BCUT2D eigenvalue weighted by Crippen LogP contribution is 2.56. The van der Waals surface area contributed by atoms with Crippen LogP contribution < -0.4 is 4.90 Å². The number of aryl methyl sites for hydroxylation is 1. The minimum atomic E-state index is -3.13. The molecule has 1 spiro atoms. The SMILES string of the molecule is CS(=O)(=O)CCn1c(CN2C(=O)C3(CC3)c3cccnc32)cc2cc(Cl)ccc21. The molecule has 1 aliphatic heterocycles. The van der Waals surface area contributed by atoms with Crippen LogP contribution in [-0.4, -0.2) is 35.9 Å². The highest BCUT2D eigenvalue weighted by molar-refractivity contribution is 7.90. The van der Waals surface area contributed by atoms with Gasteiger partial charge in [-0.3, -0.25) is 9.69 Å². The molecule has 8 heteroatoms. The van der Waals surface area contributed by atoms with Crippen molar-refractivity contribution in [3.8, 4) is 0 Å². The van der Waals surface area contributed by atoms with Gasteiger partial charge in [0.25, 0.3) is 0 Å². The first kappa shape index (κ1) is 18.6. The Labute approximate surface area is 174 Å². The summed E-state index contributed by atoms with van der Waals surface area (Å²) in [6.07, 6.45) is 4.65. The van der Waals surface area contributed by atoms with E-state index in [0.717, 1.165) is 35.0 Å². The summed E-state index contributed by atoms with van der Waals surface area (Å²) in [6, 6.07) is 11.4. The summed E-state index contributed by atoms with van der Waals surface area (Å²) in [5.74, 6) is 0.830. The zero-order valence-electron chi connectivity index (χ0n) is 15.9. The van der Waals surface area contributed by atoms with Crippen molar-refractivity contribution in [2.24, 2.45) is 0 Å². The van der Waals surface area contributed by atoms with Gasteiger partial charge in [-0.15, -0.1) is 0 Å². The van der Waals surface area contributed by atoms with E-state index in [2.05, 4.69) is 4.98 Å². The summed E-state index contributed by atoms with van der Waals surface area (Å²) in [6.45, 7) is 0.669. The number of hydrogen-bond donors (Lipinski definition) is 0. The summed E-state index contributed by atoms with van der Waals surface area (Å²) in [4.78, 5) is 19.4. The van der Waals surface area contributed by atoms with Crippen molar-refractivity contribution in [3.63, 3.8) is 0 Å². The first-order valence-corrected chi connectivity index (χ1v) is 12.0. The number of fused-ring (bicyclic) bond motifs is 3. The van der Waals surface area contributed by atoms with Crippen LogP contribution in [0.15, 0.2) is 42.6 Å². The van der Waals surface area contributed by atoms with E-state index < -0.39 is 15.3 Å². The number of amides is 1. The Bertz CT molecular complexity index is 1260. The van der Waals surface area contributed by atoms with E-state index in [1.165, 1.54) is 6.26 Å². The van der Waals surface area contributed by atoms with Gasteiger partial charge in [-0.2, -0.15) is 0 Å². The van der Waals surface area contributed by atoms with Crippen LogP contribution in [0, 0.1) is 0 Å². The fourth-order valence-electron chi connectivity index (χ4n) is 4.32. The van der Waals surface area contributed by atoms with Crippen molar-refractivity contribution in [1.82, 2.24) is 9.55 Å². The number of pyridine rings is 1. The molecule has 0 saturated heterocycles. The zero-order valence-corrected chi connectivity index (χ0v) is 17.5. The van der Waals surface area contributed by atoms with E-state index in [4.69, 9.17) is 11.6 Å². The zero-order chi connectivity index (χ0) is 20.4. The number of rotatable bonds is 5. The third kappa shape index (κ3) is 3.04. The van der Waals surface area contributed by atoms with Crippen molar-refractivity contribution in [1.29, 1.82) is 0 Å². The fraction of sp³-hybridized carbons (Fsp3) is 0.333. The maximum atomic E-state index is 13.2.